The summed E-state index contributed by atoms with van der Waals surface area (Å²) in [5.74, 6) is 0.168. The van der Waals surface area contributed by atoms with Crippen LogP contribution in [0.3, 0.4) is 0 Å². The number of anilines is 1. The number of nitrogens with zero attached hydrogens (tertiary/aromatic N) is 1. The van der Waals surface area contributed by atoms with Crippen LogP contribution in [-0.4, -0.2) is 23.8 Å². The fourth-order valence-electron chi connectivity index (χ4n) is 0.779. The van der Waals surface area contributed by atoms with Crippen molar-refractivity contribution in [1.29, 1.82) is 0 Å². The van der Waals surface area contributed by atoms with Gasteiger partial charge in [0.2, 0.25) is 5.95 Å². The molecule has 0 atom stereocenters. The molecule has 12 heavy (non-hydrogen) atoms. The molecule has 2 nitrogen and oxygen atoms in total. The van der Waals surface area contributed by atoms with Crippen LogP contribution in [0.2, 0.25) is 0 Å². The number of hydrogen-bond donors (Lipinski definition) is 1. The van der Waals surface area contributed by atoms with E-state index >= 15 is 0 Å². The SMILES string of the molecule is CS(C)(C)Nc1cccc(F)n1. The lowest BCUT2D eigenvalue weighted by atomic mass is 10.5. The van der Waals surface area contributed by atoms with E-state index in [0.717, 1.165) is 0 Å². The number of pyridine rings is 1. The molecule has 68 valence electrons. The minimum Gasteiger partial charge on any atom is -0.333 e. The predicted molar refractivity (Wildman–Crippen MR) is 53.2 cm³/mol. The van der Waals surface area contributed by atoms with Crippen LogP contribution < -0.4 is 4.72 Å². The van der Waals surface area contributed by atoms with Crippen LogP contribution in [0.15, 0.2) is 18.2 Å². The van der Waals surface area contributed by atoms with Crippen LogP contribution in [0.1, 0.15) is 0 Å². The molecule has 0 saturated carbocycles. The van der Waals surface area contributed by atoms with Crippen molar-refractivity contribution in [3.63, 3.8) is 0 Å². The third-order valence-corrected chi connectivity index (χ3v) is 1.95. The second kappa shape index (κ2) is 3.31. The summed E-state index contributed by atoms with van der Waals surface area (Å²) >= 11 is 0. The first-order valence-electron chi connectivity index (χ1n) is 3.56. The smallest absolute Gasteiger partial charge is 0.214 e. The van der Waals surface area contributed by atoms with E-state index in [9.17, 15) is 4.39 Å². The average Bonchev–Trinajstić information content (AvgIpc) is 1.82. The number of nitrogens with one attached hydrogen (secondary N) is 1. The van der Waals surface area contributed by atoms with Crippen molar-refractivity contribution in [2.24, 2.45) is 0 Å². The highest BCUT2D eigenvalue weighted by atomic mass is 32.3. The quantitative estimate of drug-likeness (QED) is 0.720. The normalized spacial score (nSPS) is 12.7. The van der Waals surface area contributed by atoms with E-state index in [1.807, 2.05) is 0 Å². The molecule has 0 fully saturated rings. The minimum atomic E-state index is -0.873. The van der Waals surface area contributed by atoms with Gasteiger partial charge in [0.15, 0.2) is 0 Å². The highest BCUT2D eigenvalue weighted by molar-refractivity contribution is 8.33. The van der Waals surface area contributed by atoms with Crippen molar-refractivity contribution in [3.8, 4) is 0 Å². The van der Waals surface area contributed by atoms with Gasteiger partial charge >= 0.3 is 0 Å². The summed E-state index contributed by atoms with van der Waals surface area (Å²) < 4.78 is 15.8. The van der Waals surface area contributed by atoms with Gasteiger partial charge in [0.05, 0.1) is 0 Å². The van der Waals surface area contributed by atoms with Crippen LogP contribution in [0.5, 0.6) is 0 Å². The van der Waals surface area contributed by atoms with Crippen molar-refractivity contribution < 1.29 is 4.39 Å². The lowest BCUT2D eigenvalue weighted by Gasteiger charge is -2.27. The Bertz CT molecular complexity index is 270. The average molecular weight is 188 g/mol. The van der Waals surface area contributed by atoms with Crippen LogP contribution in [0.25, 0.3) is 0 Å². The Hall–Kier alpha value is -0.770. The number of halogens is 1. The molecule has 0 aliphatic rings. The molecule has 1 heterocycles. The van der Waals surface area contributed by atoms with Gasteiger partial charge in [-0.1, -0.05) is 6.07 Å². The molecule has 1 aromatic heterocycles. The third-order valence-electron chi connectivity index (χ3n) is 1.13. The van der Waals surface area contributed by atoms with Gasteiger partial charge in [-0.3, -0.25) is 0 Å². The predicted octanol–water partition coefficient (Wildman–Crippen LogP) is 2.24. The van der Waals surface area contributed by atoms with Crippen molar-refractivity contribution in [3.05, 3.63) is 24.1 Å². The number of rotatable bonds is 2. The van der Waals surface area contributed by atoms with Gasteiger partial charge in [-0.05, 0) is 30.9 Å². The molecule has 1 aromatic rings. The minimum absolute atomic E-state index is 0.441. The first kappa shape index (κ1) is 9.32. The molecule has 1 rings (SSSR count). The summed E-state index contributed by atoms with van der Waals surface area (Å²) in [6, 6.07) is 4.75. The summed E-state index contributed by atoms with van der Waals surface area (Å²) in [7, 11) is -0.873. The Balaban J connectivity index is 2.77. The van der Waals surface area contributed by atoms with Crippen molar-refractivity contribution in [2.45, 2.75) is 0 Å². The van der Waals surface area contributed by atoms with E-state index in [1.165, 1.54) is 6.07 Å². The molecule has 0 unspecified atom stereocenters. The van der Waals surface area contributed by atoms with Crippen LogP contribution >= 0.6 is 10.2 Å². The summed E-state index contributed by atoms with van der Waals surface area (Å²) in [5, 5.41) is 0. The van der Waals surface area contributed by atoms with E-state index in [2.05, 4.69) is 28.5 Å². The second-order valence-corrected chi connectivity index (χ2v) is 7.16. The van der Waals surface area contributed by atoms with E-state index in [1.54, 1.807) is 12.1 Å². The Kier molecular flexibility index (Phi) is 2.57. The summed E-state index contributed by atoms with van der Waals surface area (Å²) in [4.78, 5) is 3.70. The lowest BCUT2D eigenvalue weighted by Crippen LogP contribution is -2.06. The fourth-order valence-corrected chi connectivity index (χ4v) is 1.52. The first-order valence-corrected chi connectivity index (χ1v) is 6.42. The highest BCUT2D eigenvalue weighted by Crippen LogP contribution is 2.34. The lowest BCUT2D eigenvalue weighted by molar-refractivity contribution is 0.586. The Morgan fingerprint density at radius 2 is 2.00 bits per heavy atom. The Morgan fingerprint density at radius 1 is 1.33 bits per heavy atom. The van der Waals surface area contributed by atoms with Crippen LogP contribution in [0, 0.1) is 5.95 Å². The molecule has 0 saturated heterocycles. The molecule has 0 spiro atoms. The van der Waals surface area contributed by atoms with E-state index in [4.69, 9.17) is 0 Å². The van der Waals surface area contributed by atoms with Gasteiger partial charge in [-0.25, -0.2) is 4.98 Å². The maximum atomic E-state index is 12.6. The molecule has 0 amide bonds. The summed E-state index contributed by atoms with van der Waals surface area (Å²) in [6.45, 7) is 0. The molecule has 0 aliphatic heterocycles. The molecule has 1 N–H and O–H groups in total. The zero-order valence-electron chi connectivity index (χ0n) is 7.47. The summed E-state index contributed by atoms with van der Waals surface area (Å²) in [5.41, 5.74) is 0. The standard InChI is InChI=1S/C8H13FN2S/c1-12(2,3)11-8-6-4-5-7(9)10-8/h4-6H,1-3H3,(H,10,11). The maximum absolute atomic E-state index is 12.6. The molecular weight excluding hydrogens is 175 g/mol. The van der Waals surface area contributed by atoms with Crippen LogP contribution in [-0.2, 0) is 0 Å². The maximum Gasteiger partial charge on any atom is 0.214 e. The molecular formula is C8H13FN2S. The first-order chi connectivity index (χ1) is 5.47. The van der Waals surface area contributed by atoms with E-state index in [0.29, 0.717) is 5.82 Å². The van der Waals surface area contributed by atoms with E-state index in [-0.39, 0.29) is 0 Å². The largest absolute Gasteiger partial charge is 0.333 e. The Morgan fingerprint density at radius 3 is 2.50 bits per heavy atom. The monoisotopic (exact) mass is 188 g/mol. The van der Waals surface area contributed by atoms with Crippen LogP contribution in [0.4, 0.5) is 10.2 Å². The van der Waals surface area contributed by atoms with Gasteiger partial charge in [0.1, 0.15) is 5.82 Å². The zero-order valence-corrected chi connectivity index (χ0v) is 8.28. The van der Waals surface area contributed by atoms with Crippen molar-refractivity contribution >= 4 is 16.0 Å². The number of aromatic nitrogens is 1. The molecule has 0 radical (unpaired) electrons. The van der Waals surface area contributed by atoms with Gasteiger partial charge < -0.3 is 4.72 Å². The molecule has 4 heteroatoms. The third kappa shape index (κ3) is 3.09. The zero-order chi connectivity index (χ0) is 9.19. The van der Waals surface area contributed by atoms with Gasteiger partial charge in [0, 0.05) is 0 Å². The van der Waals surface area contributed by atoms with Crippen molar-refractivity contribution in [2.75, 3.05) is 23.5 Å². The van der Waals surface area contributed by atoms with E-state index < -0.39 is 16.2 Å². The van der Waals surface area contributed by atoms with Crippen molar-refractivity contribution in [1.82, 2.24) is 4.98 Å². The fraction of sp³-hybridized carbons (Fsp3) is 0.375. The van der Waals surface area contributed by atoms with Gasteiger partial charge in [-0.2, -0.15) is 14.6 Å². The highest BCUT2D eigenvalue weighted by Gasteiger charge is 2.04. The number of hydrogen-bond acceptors (Lipinski definition) is 2. The molecule has 0 aromatic carbocycles. The second-order valence-electron chi connectivity index (χ2n) is 3.28. The van der Waals surface area contributed by atoms with Gasteiger partial charge in [0.25, 0.3) is 0 Å². The molecule has 0 aliphatic carbocycles. The topological polar surface area (TPSA) is 24.9 Å². The summed E-state index contributed by atoms with van der Waals surface area (Å²) in [6.07, 6.45) is 6.25. The molecule has 0 bridgehead atoms. The van der Waals surface area contributed by atoms with Gasteiger partial charge in [-0.15, -0.1) is 0 Å². The Labute approximate surface area is 73.7 Å².